The molecule has 0 aromatic heterocycles. The Bertz CT molecular complexity index is 369. The maximum atomic E-state index is 12.8. The van der Waals surface area contributed by atoms with Gasteiger partial charge in [0, 0.05) is 17.1 Å². The summed E-state index contributed by atoms with van der Waals surface area (Å²) in [6.07, 6.45) is -4.79. The van der Waals surface area contributed by atoms with Gasteiger partial charge in [-0.05, 0) is 13.1 Å². The fourth-order valence-corrected chi connectivity index (χ4v) is 1.69. The van der Waals surface area contributed by atoms with Crippen LogP contribution in [0.4, 0.5) is 13.2 Å². The van der Waals surface area contributed by atoms with E-state index in [-0.39, 0.29) is 10.6 Å². The van der Waals surface area contributed by atoms with Gasteiger partial charge in [0.25, 0.3) is 0 Å². The van der Waals surface area contributed by atoms with Crippen LogP contribution < -0.4 is 5.32 Å². The van der Waals surface area contributed by atoms with Crippen molar-refractivity contribution in [3.05, 3.63) is 34.9 Å². The van der Waals surface area contributed by atoms with Crippen LogP contribution in [0.3, 0.4) is 0 Å². The lowest BCUT2D eigenvalue weighted by Crippen LogP contribution is -2.49. The number of hydrogen-bond donors (Lipinski definition) is 2. The van der Waals surface area contributed by atoms with E-state index in [1.807, 2.05) is 0 Å². The molecule has 0 saturated carbocycles. The molecular weight excluding hydrogens is 243 g/mol. The number of likely N-dealkylation sites (N-methyl/N-ethyl adjacent to an activating group) is 1. The normalized spacial score (nSPS) is 15.9. The van der Waals surface area contributed by atoms with Crippen molar-refractivity contribution in [2.45, 2.75) is 11.8 Å². The van der Waals surface area contributed by atoms with Crippen molar-refractivity contribution in [2.75, 3.05) is 13.6 Å². The zero-order chi connectivity index (χ0) is 12.4. The smallest absolute Gasteiger partial charge is 0.375 e. The molecule has 0 saturated heterocycles. The van der Waals surface area contributed by atoms with Gasteiger partial charge >= 0.3 is 6.18 Å². The second-order valence-corrected chi connectivity index (χ2v) is 3.78. The summed E-state index contributed by atoms with van der Waals surface area (Å²) in [6, 6.07) is 5.37. The molecule has 1 atom stereocenters. The van der Waals surface area contributed by atoms with Gasteiger partial charge in [0.1, 0.15) is 0 Å². The fourth-order valence-electron chi connectivity index (χ4n) is 1.40. The van der Waals surface area contributed by atoms with E-state index in [4.69, 9.17) is 11.6 Å². The number of benzene rings is 1. The zero-order valence-corrected chi connectivity index (χ0v) is 9.23. The summed E-state index contributed by atoms with van der Waals surface area (Å²) in [7, 11) is 1.33. The molecule has 0 aliphatic rings. The van der Waals surface area contributed by atoms with Crippen LogP contribution in [0.25, 0.3) is 0 Å². The van der Waals surface area contributed by atoms with E-state index in [0.29, 0.717) is 0 Å². The van der Waals surface area contributed by atoms with Crippen LogP contribution in [0.5, 0.6) is 0 Å². The minimum Gasteiger partial charge on any atom is -0.375 e. The second kappa shape index (κ2) is 4.61. The van der Waals surface area contributed by atoms with E-state index in [9.17, 15) is 18.3 Å². The number of rotatable bonds is 3. The molecule has 1 unspecified atom stereocenters. The van der Waals surface area contributed by atoms with Crippen LogP contribution in [0.2, 0.25) is 5.02 Å². The number of aliphatic hydroxyl groups is 1. The monoisotopic (exact) mass is 253 g/mol. The van der Waals surface area contributed by atoms with Crippen LogP contribution in [0, 0.1) is 0 Å². The topological polar surface area (TPSA) is 32.3 Å². The third-order valence-electron chi connectivity index (χ3n) is 2.22. The number of hydrogen-bond acceptors (Lipinski definition) is 2. The molecule has 6 heteroatoms. The summed E-state index contributed by atoms with van der Waals surface area (Å²) in [5, 5.41) is 11.9. The minimum atomic E-state index is -4.79. The molecule has 0 amide bonds. The molecule has 1 rings (SSSR count). The van der Waals surface area contributed by atoms with Crippen molar-refractivity contribution in [1.82, 2.24) is 5.32 Å². The lowest BCUT2D eigenvalue weighted by Gasteiger charge is -2.31. The first-order valence-corrected chi connectivity index (χ1v) is 4.89. The molecule has 0 heterocycles. The Balaban J connectivity index is 3.28. The Hall–Kier alpha value is -0.780. The van der Waals surface area contributed by atoms with Gasteiger partial charge in [0.15, 0.2) is 5.60 Å². The Morgan fingerprint density at radius 1 is 1.31 bits per heavy atom. The van der Waals surface area contributed by atoms with E-state index in [1.54, 1.807) is 0 Å². The quantitative estimate of drug-likeness (QED) is 0.866. The van der Waals surface area contributed by atoms with Gasteiger partial charge in [-0.1, -0.05) is 29.8 Å². The van der Waals surface area contributed by atoms with Gasteiger partial charge < -0.3 is 10.4 Å². The van der Waals surface area contributed by atoms with Crippen molar-refractivity contribution in [1.29, 1.82) is 0 Å². The summed E-state index contributed by atoms with van der Waals surface area (Å²) in [5.41, 5.74) is -3.32. The average molecular weight is 254 g/mol. The Kier molecular flexibility index (Phi) is 3.83. The maximum Gasteiger partial charge on any atom is 0.422 e. The maximum absolute atomic E-state index is 12.8. The molecule has 2 N–H and O–H groups in total. The Morgan fingerprint density at radius 2 is 1.88 bits per heavy atom. The van der Waals surface area contributed by atoms with Crippen LogP contribution >= 0.6 is 11.6 Å². The summed E-state index contributed by atoms with van der Waals surface area (Å²) < 4.78 is 38.4. The van der Waals surface area contributed by atoms with Crippen LogP contribution in [0.15, 0.2) is 24.3 Å². The first kappa shape index (κ1) is 13.3. The molecule has 1 aromatic rings. The van der Waals surface area contributed by atoms with E-state index in [1.165, 1.54) is 25.2 Å². The third-order valence-corrected chi connectivity index (χ3v) is 2.55. The van der Waals surface area contributed by atoms with Gasteiger partial charge in [0.2, 0.25) is 0 Å². The standard InChI is InChI=1S/C10H11ClF3NO/c1-15-6-9(16,10(12,13)14)7-4-2-3-5-8(7)11/h2-5,15-16H,6H2,1H3. The summed E-state index contributed by atoms with van der Waals surface area (Å²) in [5.74, 6) is 0. The van der Waals surface area contributed by atoms with Gasteiger partial charge in [0.05, 0.1) is 0 Å². The summed E-state index contributed by atoms with van der Waals surface area (Å²) in [6.45, 7) is -0.653. The molecule has 16 heavy (non-hydrogen) atoms. The summed E-state index contributed by atoms with van der Waals surface area (Å²) in [4.78, 5) is 0. The molecule has 0 bridgehead atoms. The van der Waals surface area contributed by atoms with Gasteiger partial charge in [-0.2, -0.15) is 13.2 Å². The SMILES string of the molecule is CNCC(O)(c1ccccc1Cl)C(F)(F)F. The van der Waals surface area contributed by atoms with Crippen molar-refractivity contribution < 1.29 is 18.3 Å². The molecular formula is C10H11ClF3NO. The largest absolute Gasteiger partial charge is 0.422 e. The highest BCUT2D eigenvalue weighted by atomic mass is 35.5. The summed E-state index contributed by atoms with van der Waals surface area (Å²) >= 11 is 5.66. The van der Waals surface area contributed by atoms with Crippen molar-refractivity contribution in [3.8, 4) is 0 Å². The van der Waals surface area contributed by atoms with Gasteiger partial charge in [-0.3, -0.25) is 0 Å². The minimum absolute atomic E-state index is 0.113. The van der Waals surface area contributed by atoms with E-state index < -0.39 is 18.3 Å². The Morgan fingerprint density at radius 3 is 2.31 bits per heavy atom. The van der Waals surface area contributed by atoms with Crippen LogP contribution in [-0.2, 0) is 5.60 Å². The second-order valence-electron chi connectivity index (χ2n) is 3.37. The highest BCUT2D eigenvalue weighted by Gasteiger charge is 2.55. The van der Waals surface area contributed by atoms with Gasteiger partial charge in [-0.25, -0.2) is 0 Å². The molecule has 0 fully saturated rings. The number of nitrogens with one attached hydrogen (secondary N) is 1. The van der Waals surface area contributed by atoms with Crippen molar-refractivity contribution in [2.24, 2.45) is 0 Å². The molecule has 0 aliphatic heterocycles. The van der Waals surface area contributed by atoms with Crippen LogP contribution in [0.1, 0.15) is 5.56 Å². The van der Waals surface area contributed by atoms with E-state index >= 15 is 0 Å². The lowest BCUT2D eigenvalue weighted by molar-refractivity contribution is -0.264. The molecule has 2 nitrogen and oxygen atoms in total. The van der Waals surface area contributed by atoms with E-state index in [2.05, 4.69) is 5.32 Å². The lowest BCUT2D eigenvalue weighted by atomic mass is 9.93. The number of halogens is 4. The average Bonchev–Trinajstić information content (AvgIpc) is 2.16. The Labute approximate surface area is 96.0 Å². The van der Waals surface area contributed by atoms with Crippen molar-refractivity contribution >= 4 is 11.6 Å². The first-order chi connectivity index (χ1) is 7.33. The fraction of sp³-hybridized carbons (Fsp3) is 0.400. The molecule has 90 valence electrons. The zero-order valence-electron chi connectivity index (χ0n) is 8.48. The highest BCUT2D eigenvalue weighted by Crippen LogP contribution is 2.41. The molecule has 1 aromatic carbocycles. The molecule has 0 radical (unpaired) electrons. The predicted octanol–water partition coefficient (Wildman–Crippen LogP) is 2.31. The third kappa shape index (κ3) is 2.31. The highest BCUT2D eigenvalue weighted by molar-refractivity contribution is 6.31. The van der Waals surface area contributed by atoms with Crippen LogP contribution in [-0.4, -0.2) is 24.9 Å². The van der Waals surface area contributed by atoms with Crippen molar-refractivity contribution in [3.63, 3.8) is 0 Å². The first-order valence-electron chi connectivity index (χ1n) is 4.51. The van der Waals surface area contributed by atoms with E-state index in [0.717, 1.165) is 6.07 Å². The molecule has 0 spiro atoms. The molecule has 0 aliphatic carbocycles. The number of alkyl halides is 3. The predicted molar refractivity (Wildman–Crippen MR) is 55.3 cm³/mol. The van der Waals surface area contributed by atoms with Gasteiger partial charge in [-0.15, -0.1) is 0 Å².